The summed E-state index contributed by atoms with van der Waals surface area (Å²) in [6, 6.07) is 10.8. The van der Waals surface area contributed by atoms with Crippen LogP contribution >= 0.6 is 0 Å². The van der Waals surface area contributed by atoms with Crippen LogP contribution in [0.3, 0.4) is 0 Å². The van der Waals surface area contributed by atoms with Gasteiger partial charge in [-0.3, -0.25) is 4.79 Å². The molecule has 0 bridgehead atoms. The van der Waals surface area contributed by atoms with Gasteiger partial charge < -0.3 is 19.4 Å². The minimum absolute atomic E-state index is 0.135. The van der Waals surface area contributed by atoms with Gasteiger partial charge in [-0.15, -0.1) is 0 Å². The largest absolute Gasteiger partial charge is 0.467 e. The molecule has 24 heavy (non-hydrogen) atoms. The fraction of sp³-hybridized carbons (Fsp3) is 0.333. The molecule has 1 N–H and O–H groups in total. The molecule has 1 aromatic carbocycles. The molecule has 0 spiro atoms. The smallest absolute Gasteiger partial charge is 0.322 e. The van der Waals surface area contributed by atoms with Gasteiger partial charge >= 0.3 is 12.0 Å². The third kappa shape index (κ3) is 5.15. The van der Waals surface area contributed by atoms with E-state index in [-0.39, 0.29) is 31.5 Å². The first-order valence-electron chi connectivity index (χ1n) is 7.89. The lowest BCUT2D eigenvalue weighted by molar-refractivity contribution is -0.143. The molecule has 2 amide bonds. The van der Waals surface area contributed by atoms with Crippen LogP contribution in [-0.4, -0.2) is 30.1 Å². The van der Waals surface area contributed by atoms with E-state index in [9.17, 15) is 9.59 Å². The van der Waals surface area contributed by atoms with Crippen molar-refractivity contribution in [2.45, 2.75) is 26.8 Å². The Balaban J connectivity index is 2.04. The molecule has 2 aromatic rings. The summed E-state index contributed by atoms with van der Waals surface area (Å²) in [5.41, 5.74) is 1.71. The summed E-state index contributed by atoms with van der Waals surface area (Å²) >= 11 is 0. The van der Waals surface area contributed by atoms with Gasteiger partial charge in [-0.05, 0) is 37.6 Å². The zero-order valence-corrected chi connectivity index (χ0v) is 14.0. The standard InChI is InChI=1S/C18H22N2O4/c1-3-23-17(21)10-11-20(13-15-8-6-12-24-15)18(22)19-16-9-5-4-7-14(16)2/h4-9,12H,3,10-11,13H2,1-2H3,(H,19,22). The Kier molecular flexibility index (Phi) is 6.42. The number of anilines is 1. The number of hydrogen-bond acceptors (Lipinski definition) is 4. The first-order valence-corrected chi connectivity index (χ1v) is 7.89. The Bertz CT molecular complexity index is 667. The molecular weight excluding hydrogens is 308 g/mol. The second kappa shape index (κ2) is 8.76. The van der Waals surface area contributed by atoms with Crippen molar-refractivity contribution in [3.63, 3.8) is 0 Å². The summed E-state index contributed by atoms with van der Waals surface area (Å²) in [4.78, 5) is 25.7. The van der Waals surface area contributed by atoms with Crippen molar-refractivity contribution in [2.24, 2.45) is 0 Å². The highest BCUT2D eigenvalue weighted by Crippen LogP contribution is 2.15. The van der Waals surface area contributed by atoms with Crippen LogP contribution in [0.5, 0.6) is 0 Å². The number of carbonyl (C=O) groups is 2. The molecule has 0 unspecified atom stereocenters. The Morgan fingerprint density at radius 1 is 1.21 bits per heavy atom. The lowest BCUT2D eigenvalue weighted by Gasteiger charge is -2.22. The molecule has 0 saturated carbocycles. The van der Waals surface area contributed by atoms with E-state index in [1.54, 1.807) is 25.3 Å². The van der Waals surface area contributed by atoms with E-state index in [2.05, 4.69) is 5.32 Å². The highest BCUT2D eigenvalue weighted by atomic mass is 16.5. The number of amides is 2. The first-order chi connectivity index (χ1) is 11.6. The molecule has 0 radical (unpaired) electrons. The summed E-state index contributed by atoms with van der Waals surface area (Å²) in [6.07, 6.45) is 1.69. The predicted molar refractivity (Wildman–Crippen MR) is 90.6 cm³/mol. The highest BCUT2D eigenvalue weighted by molar-refractivity contribution is 5.90. The van der Waals surface area contributed by atoms with Crippen molar-refractivity contribution in [3.8, 4) is 0 Å². The molecule has 0 fully saturated rings. The van der Waals surface area contributed by atoms with E-state index in [0.717, 1.165) is 11.3 Å². The predicted octanol–water partition coefficient (Wildman–Crippen LogP) is 3.58. The number of nitrogens with zero attached hydrogens (tertiary/aromatic N) is 1. The maximum atomic E-state index is 12.6. The van der Waals surface area contributed by atoms with Gasteiger partial charge in [-0.2, -0.15) is 0 Å². The summed E-state index contributed by atoms with van der Waals surface area (Å²) in [5.74, 6) is 0.324. The van der Waals surface area contributed by atoms with Crippen molar-refractivity contribution >= 4 is 17.7 Å². The Labute approximate surface area is 141 Å². The van der Waals surface area contributed by atoms with Crippen LogP contribution in [-0.2, 0) is 16.1 Å². The Hall–Kier alpha value is -2.76. The number of carbonyl (C=O) groups excluding carboxylic acids is 2. The van der Waals surface area contributed by atoms with E-state index < -0.39 is 0 Å². The fourth-order valence-corrected chi connectivity index (χ4v) is 2.21. The van der Waals surface area contributed by atoms with E-state index >= 15 is 0 Å². The van der Waals surface area contributed by atoms with Crippen LogP contribution < -0.4 is 5.32 Å². The summed E-state index contributed by atoms with van der Waals surface area (Å²) in [7, 11) is 0. The van der Waals surface area contributed by atoms with E-state index in [4.69, 9.17) is 9.15 Å². The van der Waals surface area contributed by atoms with Crippen LogP contribution in [0.2, 0.25) is 0 Å². The molecular formula is C18H22N2O4. The van der Waals surface area contributed by atoms with E-state index in [1.165, 1.54) is 4.90 Å². The number of nitrogens with one attached hydrogen (secondary N) is 1. The summed E-state index contributed by atoms with van der Waals surface area (Å²) < 4.78 is 10.2. The van der Waals surface area contributed by atoms with Crippen LogP contribution in [0, 0.1) is 6.92 Å². The number of ether oxygens (including phenoxy) is 1. The quantitative estimate of drug-likeness (QED) is 0.788. The van der Waals surface area contributed by atoms with Crippen LogP contribution in [0.1, 0.15) is 24.7 Å². The maximum Gasteiger partial charge on any atom is 0.322 e. The first kappa shape index (κ1) is 17.6. The van der Waals surface area contributed by atoms with Crippen molar-refractivity contribution in [1.82, 2.24) is 4.90 Å². The molecule has 0 aliphatic rings. The molecule has 1 aromatic heterocycles. The number of benzene rings is 1. The molecule has 6 nitrogen and oxygen atoms in total. The van der Waals surface area contributed by atoms with Crippen LogP contribution in [0.15, 0.2) is 47.1 Å². The second-order valence-electron chi connectivity index (χ2n) is 5.30. The van der Waals surface area contributed by atoms with Crippen molar-refractivity contribution in [2.75, 3.05) is 18.5 Å². The van der Waals surface area contributed by atoms with Gasteiger partial charge in [0.2, 0.25) is 0 Å². The normalized spacial score (nSPS) is 10.2. The number of hydrogen-bond donors (Lipinski definition) is 1. The monoisotopic (exact) mass is 330 g/mol. The lowest BCUT2D eigenvalue weighted by atomic mass is 10.2. The minimum atomic E-state index is -0.328. The van der Waals surface area contributed by atoms with Crippen LogP contribution in [0.4, 0.5) is 10.5 Å². The highest BCUT2D eigenvalue weighted by Gasteiger charge is 2.18. The zero-order chi connectivity index (χ0) is 17.4. The van der Waals surface area contributed by atoms with Crippen LogP contribution in [0.25, 0.3) is 0 Å². The third-order valence-corrected chi connectivity index (χ3v) is 3.49. The van der Waals surface area contributed by atoms with Gasteiger partial charge in [0.1, 0.15) is 5.76 Å². The van der Waals surface area contributed by atoms with E-state index in [1.807, 2.05) is 31.2 Å². The molecule has 0 saturated heterocycles. The maximum absolute atomic E-state index is 12.6. The molecule has 0 aliphatic carbocycles. The number of furan rings is 1. The Morgan fingerprint density at radius 2 is 2.00 bits per heavy atom. The molecule has 1 heterocycles. The molecule has 128 valence electrons. The van der Waals surface area contributed by atoms with Gasteiger partial charge in [0.05, 0.1) is 25.8 Å². The number of aryl methyl sites for hydroxylation is 1. The lowest BCUT2D eigenvalue weighted by Crippen LogP contribution is -2.36. The van der Waals surface area contributed by atoms with Crippen molar-refractivity contribution in [3.05, 3.63) is 54.0 Å². The number of rotatable bonds is 7. The third-order valence-electron chi connectivity index (χ3n) is 3.49. The van der Waals surface area contributed by atoms with Crippen molar-refractivity contribution in [1.29, 1.82) is 0 Å². The number of para-hydroxylation sites is 1. The number of urea groups is 1. The fourth-order valence-electron chi connectivity index (χ4n) is 2.21. The summed E-state index contributed by atoms with van der Waals surface area (Å²) in [5, 5.41) is 2.87. The van der Waals surface area contributed by atoms with E-state index in [0.29, 0.717) is 12.4 Å². The molecule has 2 rings (SSSR count). The molecule has 6 heteroatoms. The van der Waals surface area contributed by atoms with Gasteiger partial charge in [0.15, 0.2) is 0 Å². The number of esters is 1. The zero-order valence-electron chi connectivity index (χ0n) is 14.0. The SMILES string of the molecule is CCOC(=O)CCN(Cc1ccco1)C(=O)Nc1ccccc1C. The van der Waals surface area contributed by atoms with Gasteiger partial charge in [-0.25, -0.2) is 4.79 Å². The second-order valence-corrected chi connectivity index (χ2v) is 5.30. The molecule has 0 aliphatic heterocycles. The minimum Gasteiger partial charge on any atom is -0.467 e. The Morgan fingerprint density at radius 3 is 2.67 bits per heavy atom. The average Bonchev–Trinajstić information content (AvgIpc) is 3.07. The average molecular weight is 330 g/mol. The summed E-state index contributed by atoms with van der Waals surface area (Å²) in [6.45, 7) is 4.53. The van der Waals surface area contributed by atoms with Crippen molar-refractivity contribution < 1.29 is 18.7 Å². The topological polar surface area (TPSA) is 71.8 Å². The molecule has 0 atom stereocenters. The van der Waals surface area contributed by atoms with Gasteiger partial charge in [-0.1, -0.05) is 18.2 Å². The van der Waals surface area contributed by atoms with Gasteiger partial charge in [0, 0.05) is 12.2 Å². The van der Waals surface area contributed by atoms with Gasteiger partial charge in [0.25, 0.3) is 0 Å².